The molecule has 0 fully saturated rings. The average molecular weight is 252 g/mol. The number of anilines is 1. The fourth-order valence-electron chi connectivity index (χ4n) is 1.53. The fraction of sp³-hybridized carbons (Fsp3) is 0.455. The second-order valence-electron chi connectivity index (χ2n) is 3.73. The van der Waals surface area contributed by atoms with E-state index in [4.69, 9.17) is 0 Å². The van der Waals surface area contributed by atoms with Crippen molar-refractivity contribution < 1.29 is 4.21 Å². The molecule has 0 spiro atoms. The van der Waals surface area contributed by atoms with E-state index >= 15 is 0 Å². The highest BCUT2D eigenvalue weighted by molar-refractivity contribution is 7.84. The third-order valence-electron chi connectivity index (χ3n) is 2.48. The van der Waals surface area contributed by atoms with Crippen LogP contribution in [0.2, 0.25) is 0 Å². The number of fused-ring (bicyclic) bond motifs is 1. The molecule has 1 unspecified atom stereocenters. The molecule has 2 rings (SSSR count). The first-order valence-electron chi connectivity index (χ1n) is 5.62. The summed E-state index contributed by atoms with van der Waals surface area (Å²) in [7, 11) is -0.748. The molecule has 0 aliphatic rings. The number of nitrogens with zero attached hydrogens (tertiary/aromatic N) is 3. The first-order chi connectivity index (χ1) is 8.20. The largest absolute Gasteiger partial charge is 0.352 e. The summed E-state index contributed by atoms with van der Waals surface area (Å²) < 4.78 is 13.0. The average Bonchev–Trinajstić information content (AvgIpc) is 2.73. The van der Waals surface area contributed by atoms with Gasteiger partial charge in [0.25, 0.3) is 0 Å². The number of rotatable bonds is 5. The summed E-state index contributed by atoms with van der Waals surface area (Å²) >= 11 is 0. The maximum atomic E-state index is 11.3. The summed E-state index contributed by atoms with van der Waals surface area (Å²) in [5.74, 6) is 1.91. The minimum atomic E-state index is -0.748. The highest BCUT2D eigenvalue weighted by atomic mass is 32.2. The molecule has 2 heterocycles. The summed E-state index contributed by atoms with van der Waals surface area (Å²) in [6, 6.07) is 5.85. The first kappa shape index (κ1) is 12.0. The molecule has 6 heteroatoms. The monoisotopic (exact) mass is 252 g/mol. The number of hydrogen-bond acceptors (Lipinski definition) is 4. The highest BCUT2D eigenvalue weighted by Crippen LogP contribution is 2.07. The van der Waals surface area contributed by atoms with Gasteiger partial charge in [-0.15, -0.1) is 5.10 Å². The van der Waals surface area contributed by atoms with Gasteiger partial charge in [0.15, 0.2) is 5.65 Å². The molecule has 0 radical (unpaired) electrons. The molecule has 0 saturated heterocycles. The van der Waals surface area contributed by atoms with Crippen molar-refractivity contribution in [3.05, 3.63) is 23.9 Å². The molecule has 0 amide bonds. The van der Waals surface area contributed by atoms with Crippen LogP contribution >= 0.6 is 0 Å². The van der Waals surface area contributed by atoms with Gasteiger partial charge in [-0.1, -0.05) is 13.0 Å². The molecule has 92 valence electrons. The van der Waals surface area contributed by atoms with Crippen LogP contribution in [-0.4, -0.2) is 36.9 Å². The van der Waals surface area contributed by atoms with E-state index in [1.54, 1.807) is 4.52 Å². The van der Waals surface area contributed by atoms with Gasteiger partial charge in [-0.25, -0.2) is 4.52 Å². The predicted molar refractivity (Wildman–Crippen MR) is 69.8 cm³/mol. The van der Waals surface area contributed by atoms with E-state index in [0.717, 1.165) is 11.3 Å². The lowest BCUT2D eigenvalue weighted by Gasteiger charge is -1.99. The quantitative estimate of drug-likeness (QED) is 0.869. The smallest absolute Gasteiger partial charge is 0.243 e. The van der Waals surface area contributed by atoms with Gasteiger partial charge >= 0.3 is 0 Å². The number of pyridine rings is 1. The van der Waals surface area contributed by atoms with Gasteiger partial charge in [0, 0.05) is 34.5 Å². The summed E-state index contributed by atoms with van der Waals surface area (Å²) in [6.45, 7) is 4.54. The minimum absolute atomic E-state index is 0.590. The van der Waals surface area contributed by atoms with Crippen molar-refractivity contribution in [1.29, 1.82) is 0 Å². The predicted octanol–water partition coefficient (Wildman–Crippen LogP) is 1.22. The molecule has 1 N–H and O–H groups in total. The zero-order chi connectivity index (χ0) is 12.3. The van der Waals surface area contributed by atoms with Crippen LogP contribution in [0.5, 0.6) is 0 Å². The standard InChI is InChI=1S/C11H16N4OS/c1-3-17(16)8-7-12-11-13-10-6-4-5-9(2)15(10)14-11/h4-6H,3,7-8H2,1-2H3,(H,12,14). The third-order valence-corrected chi connectivity index (χ3v) is 3.79. The SMILES string of the molecule is CCS(=O)CCNc1nc2cccc(C)n2n1. The van der Waals surface area contributed by atoms with Gasteiger partial charge in [0.2, 0.25) is 5.95 Å². The van der Waals surface area contributed by atoms with Gasteiger partial charge in [-0.2, -0.15) is 4.98 Å². The second kappa shape index (κ2) is 5.27. The molecule has 0 bridgehead atoms. The molecule has 0 aliphatic heterocycles. The molecule has 2 aromatic rings. The summed E-state index contributed by atoms with van der Waals surface area (Å²) in [6.07, 6.45) is 0. The van der Waals surface area contributed by atoms with Crippen molar-refractivity contribution in [3.8, 4) is 0 Å². The maximum absolute atomic E-state index is 11.3. The van der Waals surface area contributed by atoms with Crippen molar-refractivity contribution >= 4 is 22.4 Å². The van der Waals surface area contributed by atoms with Crippen LogP contribution in [0, 0.1) is 6.92 Å². The molecule has 17 heavy (non-hydrogen) atoms. The molecule has 0 saturated carbocycles. The van der Waals surface area contributed by atoms with E-state index in [1.165, 1.54) is 0 Å². The van der Waals surface area contributed by atoms with Crippen LogP contribution in [0.4, 0.5) is 5.95 Å². The van der Waals surface area contributed by atoms with Crippen molar-refractivity contribution in [2.24, 2.45) is 0 Å². The topological polar surface area (TPSA) is 59.3 Å². The molecule has 0 aromatic carbocycles. The lowest BCUT2D eigenvalue weighted by Crippen LogP contribution is -2.12. The minimum Gasteiger partial charge on any atom is -0.352 e. The Morgan fingerprint density at radius 1 is 1.47 bits per heavy atom. The van der Waals surface area contributed by atoms with Crippen molar-refractivity contribution in [3.63, 3.8) is 0 Å². The van der Waals surface area contributed by atoms with Gasteiger partial charge in [-0.3, -0.25) is 4.21 Å². The van der Waals surface area contributed by atoms with Crippen LogP contribution in [0.15, 0.2) is 18.2 Å². The Bertz CT molecular complexity index is 537. The zero-order valence-electron chi connectivity index (χ0n) is 10.0. The lowest BCUT2D eigenvalue weighted by atomic mass is 10.4. The van der Waals surface area contributed by atoms with Gasteiger partial charge in [0.05, 0.1) is 0 Å². The summed E-state index contributed by atoms with van der Waals surface area (Å²) in [5, 5.41) is 7.42. The van der Waals surface area contributed by atoms with E-state index in [2.05, 4.69) is 15.4 Å². The molecular weight excluding hydrogens is 236 g/mol. The van der Waals surface area contributed by atoms with Crippen molar-refractivity contribution in [2.45, 2.75) is 13.8 Å². The Morgan fingerprint density at radius 3 is 3.00 bits per heavy atom. The van der Waals surface area contributed by atoms with E-state index in [-0.39, 0.29) is 0 Å². The van der Waals surface area contributed by atoms with Crippen LogP contribution in [0.25, 0.3) is 5.65 Å². The van der Waals surface area contributed by atoms with Crippen LogP contribution in [-0.2, 0) is 10.8 Å². The third kappa shape index (κ3) is 2.82. The van der Waals surface area contributed by atoms with Crippen LogP contribution in [0.1, 0.15) is 12.6 Å². The first-order valence-corrected chi connectivity index (χ1v) is 7.10. The molecular formula is C11H16N4OS. The Labute approximate surface area is 103 Å². The molecule has 0 aliphatic carbocycles. The molecule has 1 atom stereocenters. The summed E-state index contributed by atoms with van der Waals surface area (Å²) in [5.41, 5.74) is 1.87. The van der Waals surface area contributed by atoms with Crippen LogP contribution in [0.3, 0.4) is 0 Å². The van der Waals surface area contributed by atoms with Gasteiger partial charge < -0.3 is 5.32 Å². The van der Waals surface area contributed by atoms with Crippen molar-refractivity contribution in [2.75, 3.05) is 23.4 Å². The van der Waals surface area contributed by atoms with E-state index in [9.17, 15) is 4.21 Å². The summed E-state index contributed by atoms with van der Waals surface area (Å²) in [4.78, 5) is 4.34. The fourth-order valence-corrected chi connectivity index (χ4v) is 2.15. The van der Waals surface area contributed by atoms with Crippen LogP contribution < -0.4 is 5.32 Å². The Morgan fingerprint density at radius 2 is 2.29 bits per heavy atom. The highest BCUT2D eigenvalue weighted by Gasteiger charge is 2.04. The molecule has 5 nitrogen and oxygen atoms in total. The zero-order valence-corrected chi connectivity index (χ0v) is 10.8. The number of nitrogens with one attached hydrogen (secondary N) is 1. The number of aromatic nitrogens is 3. The van der Waals surface area contributed by atoms with E-state index in [0.29, 0.717) is 24.0 Å². The van der Waals surface area contributed by atoms with Gasteiger partial charge in [0.1, 0.15) is 0 Å². The molecule has 2 aromatic heterocycles. The maximum Gasteiger partial charge on any atom is 0.243 e. The van der Waals surface area contributed by atoms with Crippen molar-refractivity contribution in [1.82, 2.24) is 14.6 Å². The lowest BCUT2D eigenvalue weighted by molar-refractivity contribution is 0.684. The Kier molecular flexibility index (Phi) is 3.73. The number of aryl methyl sites for hydroxylation is 1. The van der Waals surface area contributed by atoms with E-state index < -0.39 is 10.8 Å². The Hall–Kier alpha value is -1.43. The van der Waals surface area contributed by atoms with E-state index in [1.807, 2.05) is 32.0 Å². The Balaban J connectivity index is 2.05. The normalized spacial score (nSPS) is 12.8. The number of hydrogen-bond donors (Lipinski definition) is 1. The second-order valence-corrected chi connectivity index (χ2v) is 5.60. The van der Waals surface area contributed by atoms with Gasteiger partial charge in [-0.05, 0) is 19.1 Å².